The minimum absolute atomic E-state index is 0.241. The average molecular weight is 274 g/mol. The molecule has 0 bridgehead atoms. The summed E-state index contributed by atoms with van der Waals surface area (Å²) in [4.78, 5) is 14.4. The summed E-state index contributed by atoms with van der Waals surface area (Å²) in [7, 11) is 0. The SMILES string of the molecule is CCC1CCCN(CCn2c(=O)oc3ccccc32)C1. The molecule has 0 spiro atoms. The molecule has 0 N–H and O–H groups in total. The molecule has 1 saturated heterocycles. The van der Waals surface area contributed by atoms with Gasteiger partial charge in [-0.05, 0) is 37.4 Å². The summed E-state index contributed by atoms with van der Waals surface area (Å²) in [6, 6.07) is 7.64. The van der Waals surface area contributed by atoms with Crippen LogP contribution in [0.15, 0.2) is 33.5 Å². The lowest BCUT2D eigenvalue weighted by Crippen LogP contribution is -2.38. The lowest BCUT2D eigenvalue weighted by Gasteiger charge is -2.32. The molecule has 1 aliphatic rings. The van der Waals surface area contributed by atoms with Crippen LogP contribution in [-0.2, 0) is 6.54 Å². The van der Waals surface area contributed by atoms with Gasteiger partial charge in [-0.25, -0.2) is 4.79 Å². The zero-order valence-electron chi connectivity index (χ0n) is 12.0. The molecule has 1 atom stereocenters. The standard InChI is InChI=1S/C16H22N2O2/c1-2-13-6-5-9-17(12-13)10-11-18-14-7-3-4-8-15(14)20-16(18)19/h3-4,7-8,13H,2,5-6,9-12H2,1H3. The fourth-order valence-electron chi connectivity index (χ4n) is 3.15. The van der Waals surface area contributed by atoms with Crippen LogP contribution < -0.4 is 5.76 Å². The van der Waals surface area contributed by atoms with E-state index in [1.54, 1.807) is 4.57 Å². The van der Waals surface area contributed by atoms with Crippen molar-refractivity contribution in [2.45, 2.75) is 32.7 Å². The molecule has 0 amide bonds. The van der Waals surface area contributed by atoms with E-state index < -0.39 is 0 Å². The van der Waals surface area contributed by atoms with E-state index in [0.717, 1.165) is 24.5 Å². The number of rotatable bonds is 4. The van der Waals surface area contributed by atoms with Crippen LogP contribution in [0.1, 0.15) is 26.2 Å². The van der Waals surface area contributed by atoms with Crippen molar-refractivity contribution in [2.75, 3.05) is 19.6 Å². The lowest BCUT2D eigenvalue weighted by atomic mass is 9.96. The van der Waals surface area contributed by atoms with E-state index in [1.165, 1.54) is 25.8 Å². The van der Waals surface area contributed by atoms with Gasteiger partial charge in [-0.1, -0.05) is 25.5 Å². The van der Waals surface area contributed by atoms with E-state index in [1.807, 2.05) is 24.3 Å². The first kappa shape index (κ1) is 13.4. The predicted molar refractivity (Wildman–Crippen MR) is 79.9 cm³/mol. The second kappa shape index (κ2) is 5.83. The molecular weight excluding hydrogens is 252 g/mol. The first-order valence-corrected chi connectivity index (χ1v) is 7.58. The van der Waals surface area contributed by atoms with Crippen molar-refractivity contribution in [3.63, 3.8) is 0 Å². The van der Waals surface area contributed by atoms with Crippen molar-refractivity contribution in [1.29, 1.82) is 0 Å². The normalized spacial score (nSPS) is 20.6. The summed E-state index contributed by atoms with van der Waals surface area (Å²) in [5.41, 5.74) is 1.59. The van der Waals surface area contributed by atoms with Gasteiger partial charge < -0.3 is 9.32 Å². The number of likely N-dealkylation sites (tertiary alicyclic amines) is 1. The van der Waals surface area contributed by atoms with Crippen LogP contribution in [0.25, 0.3) is 11.1 Å². The number of piperidine rings is 1. The summed E-state index contributed by atoms with van der Waals surface area (Å²) in [5.74, 6) is 0.580. The van der Waals surface area contributed by atoms with Crippen LogP contribution in [0.4, 0.5) is 0 Å². The van der Waals surface area contributed by atoms with Crippen molar-refractivity contribution in [3.05, 3.63) is 34.8 Å². The van der Waals surface area contributed by atoms with Crippen LogP contribution in [0, 0.1) is 5.92 Å². The smallest absolute Gasteiger partial charge is 0.408 e. The molecule has 20 heavy (non-hydrogen) atoms. The van der Waals surface area contributed by atoms with Crippen LogP contribution >= 0.6 is 0 Å². The zero-order valence-corrected chi connectivity index (χ0v) is 12.0. The Labute approximate surface area is 119 Å². The van der Waals surface area contributed by atoms with E-state index in [-0.39, 0.29) is 5.76 Å². The van der Waals surface area contributed by atoms with Gasteiger partial charge in [0.25, 0.3) is 0 Å². The van der Waals surface area contributed by atoms with Crippen molar-refractivity contribution < 1.29 is 4.42 Å². The molecule has 1 aromatic carbocycles. The molecule has 0 saturated carbocycles. The Bertz CT molecular complexity index is 629. The molecule has 1 unspecified atom stereocenters. The number of para-hydroxylation sites is 2. The Hall–Kier alpha value is -1.55. The van der Waals surface area contributed by atoms with E-state index in [9.17, 15) is 4.79 Å². The summed E-state index contributed by atoms with van der Waals surface area (Å²) in [6.45, 7) is 6.23. The highest BCUT2D eigenvalue weighted by atomic mass is 16.4. The highest BCUT2D eigenvalue weighted by Gasteiger charge is 2.18. The molecule has 0 radical (unpaired) electrons. The topological polar surface area (TPSA) is 38.4 Å². The van der Waals surface area contributed by atoms with Crippen molar-refractivity contribution in [1.82, 2.24) is 9.47 Å². The molecule has 1 aliphatic heterocycles. The molecule has 4 heteroatoms. The molecule has 2 heterocycles. The van der Waals surface area contributed by atoms with Crippen LogP contribution in [0.5, 0.6) is 0 Å². The van der Waals surface area contributed by atoms with Gasteiger partial charge in [0.1, 0.15) is 0 Å². The Morgan fingerprint density at radius 3 is 3.00 bits per heavy atom. The van der Waals surface area contributed by atoms with E-state index in [4.69, 9.17) is 4.42 Å². The molecular formula is C16H22N2O2. The molecule has 4 nitrogen and oxygen atoms in total. The number of oxazole rings is 1. The second-order valence-corrected chi connectivity index (χ2v) is 5.70. The van der Waals surface area contributed by atoms with Gasteiger partial charge in [-0.15, -0.1) is 0 Å². The second-order valence-electron chi connectivity index (χ2n) is 5.70. The fourth-order valence-corrected chi connectivity index (χ4v) is 3.15. The monoisotopic (exact) mass is 274 g/mol. The lowest BCUT2D eigenvalue weighted by molar-refractivity contribution is 0.166. The summed E-state index contributed by atoms with van der Waals surface area (Å²) in [5, 5.41) is 0. The molecule has 1 fully saturated rings. The van der Waals surface area contributed by atoms with Crippen molar-refractivity contribution in [3.8, 4) is 0 Å². The van der Waals surface area contributed by atoms with Crippen LogP contribution in [0.2, 0.25) is 0 Å². The highest BCUT2D eigenvalue weighted by Crippen LogP contribution is 2.19. The van der Waals surface area contributed by atoms with Gasteiger partial charge in [0.2, 0.25) is 0 Å². The Kier molecular flexibility index (Phi) is 3.92. The van der Waals surface area contributed by atoms with E-state index >= 15 is 0 Å². The number of benzene rings is 1. The van der Waals surface area contributed by atoms with Gasteiger partial charge in [0.15, 0.2) is 5.58 Å². The highest BCUT2D eigenvalue weighted by molar-refractivity contribution is 5.72. The van der Waals surface area contributed by atoms with Crippen molar-refractivity contribution >= 4 is 11.1 Å². The third-order valence-electron chi connectivity index (χ3n) is 4.39. The molecule has 0 aliphatic carbocycles. The average Bonchev–Trinajstić information content (AvgIpc) is 2.81. The first-order valence-electron chi connectivity index (χ1n) is 7.58. The number of fused-ring (bicyclic) bond motifs is 1. The van der Waals surface area contributed by atoms with Gasteiger partial charge in [-0.2, -0.15) is 0 Å². The number of nitrogens with zero attached hydrogens (tertiary/aromatic N) is 2. The summed E-state index contributed by atoms with van der Waals surface area (Å²) >= 11 is 0. The van der Waals surface area contributed by atoms with Crippen LogP contribution in [-0.4, -0.2) is 29.1 Å². The minimum atomic E-state index is -0.241. The number of hydrogen-bond donors (Lipinski definition) is 0. The predicted octanol–water partition coefficient (Wildman–Crippen LogP) is 2.72. The van der Waals surface area contributed by atoms with Gasteiger partial charge in [-0.3, -0.25) is 4.57 Å². The zero-order chi connectivity index (χ0) is 13.9. The third kappa shape index (κ3) is 2.66. The Morgan fingerprint density at radius 2 is 2.15 bits per heavy atom. The fraction of sp³-hybridized carbons (Fsp3) is 0.562. The Morgan fingerprint density at radius 1 is 1.30 bits per heavy atom. The molecule has 1 aromatic heterocycles. The van der Waals surface area contributed by atoms with Gasteiger partial charge in [0, 0.05) is 19.6 Å². The maximum Gasteiger partial charge on any atom is 0.419 e. The Balaban J connectivity index is 1.71. The molecule has 108 valence electrons. The minimum Gasteiger partial charge on any atom is -0.408 e. The van der Waals surface area contributed by atoms with Gasteiger partial charge in [0.05, 0.1) is 5.52 Å². The van der Waals surface area contributed by atoms with E-state index in [2.05, 4.69) is 11.8 Å². The third-order valence-corrected chi connectivity index (χ3v) is 4.39. The maximum absolute atomic E-state index is 11.9. The van der Waals surface area contributed by atoms with Crippen molar-refractivity contribution in [2.24, 2.45) is 5.92 Å². The summed E-state index contributed by atoms with van der Waals surface area (Å²) < 4.78 is 7.02. The molecule has 3 rings (SSSR count). The van der Waals surface area contributed by atoms with E-state index in [0.29, 0.717) is 12.1 Å². The number of aromatic nitrogens is 1. The quantitative estimate of drug-likeness (QED) is 0.860. The van der Waals surface area contributed by atoms with Crippen LogP contribution in [0.3, 0.4) is 0 Å². The largest absolute Gasteiger partial charge is 0.419 e. The maximum atomic E-state index is 11.9. The number of hydrogen-bond acceptors (Lipinski definition) is 3. The first-order chi connectivity index (χ1) is 9.78. The summed E-state index contributed by atoms with van der Waals surface area (Å²) in [6.07, 6.45) is 3.88. The van der Waals surface area contributed by atoms with Gasteiger partial charge >= 0.3 is 5.76 Å². The molecule has 2 aromatic rings.